The molecule has 2 unspecified atom stereocenters. The second-order valence-corrected chi connectivity index (χ2v) is 4.91. The molecule has 0 spiro atoms. The molecule has 0 bridgehead atoms. The summed E-state index contributed by atoms with van der Waals surface area (Å²) in [5.41, 5.74) is 0. The zero-order chi connectivity index (χ0) is 14.3. The topological polar surface area (TPSA) is 47.9 Å². The SMILES string of the molecule is CCCCCCOCOC(C)OC(O)CCCCC. The summed E-state index contributed by atoms with van der Waals surface area (Å²) in [6.07, 6.45) is 7.53. The summed E-state index contributed by atoms with van der Waals surface area (Å²) in [6, 6.07) is 0. The molecule has 4 heteroatoms. The molecule has 0 amide bonds. The van der Waals surface area contributed by atoms with E-state index in [9.17, 15) is 5.11 Å². The van der Waals surface area contributed by atoms with E-state index in [0.29, 0.717) is 6.42 Å². The molecule has 0 aliphatic rings. The first-order valence-electron chi connectivity index (χ1n) is 7.73. The van der Waals surface area contributed by atoms with Gasteiger partial charge in [0.2, 0.25) is 0 Å². The molecule has 0 saturated heterocycles. The minimum Gasteiger partial charge on any atom is -0.368 e. The first-order valence-corrected chi connectivity index (χ1v) is 7.73. The van der Waals surface area contributed by atoms with Crippen molar-refractivity contribution in [3.8, 4) is 0 Å². The summed E-state index contributed by atoms with van der Waals surface area (Å²) in [7, 11) is 0. The number of hydrogen-bond donors (Lipinski definition) is 1. The highest BCUT2D eigenvalue weighted by molar-refractivity contribution is 4.45. The molecule has 0 rings (SSSR count). The molecule has 0 aromatic rings. The predicted molar refractivity (Wildman–Crippen MR) is 76.7 cm³/mol. The fourth-order valence-electron chi connectivity index (χ4n) is 1.73. The number of rotatable bonds is 14. The molecule has 0 aromatic heterocycles. The number of ether oxygens (including phenoxy) is 3. The van der Waals surface area contributed by atoms with Gasteiger partial charge in [0.1, 0.15) is 6.79 Å². The highest BCUT2D eigenvalue weighted by atomic mass is 16.8. The van der Waals surface area contributed by atoms with Crippen LogP contribution in [-0.4, -0.2) is 31.1 Å². The number of aliphatic hydroxyl groups excluding tert-OH is 1. The van der Waals surface area contributed by atoms with E-state index in [1.807, 2.05) is 0 Å². The minimum atomic E-state index is -0.730. The molecule has 4 nitrogen and oxygen atoms in total. The molecule has 0 fully saturated rings. The van der Waals surface area contributed by atoms with Gasteiger partial charge in [0, 0.05) is 6.61 Å². The Morgan fingerprint density at radius 1 is 0.947 bits per heavy atom. The van der Waals surface area contributed by atoms with Crippen molar-refractivity contribution in [2.24, 2.45) is 0 Å². The Morgan fingerprint density at radius 2 is 1.63 bits per heavy atom. The Balaban J connectivity index is 3.30. The lowest BCUT2D eigenvalue weighted by Crippen LogP contribution is -2.23. The van der Waals surface area contributed by atoms with Gasteiger partial charge in [-0.3, -0.25) is 0 Å². The Kier molecular flexibility index (Phi) is 14.1. The third kappa shape index (κ3) is 14.1. The van der Waals surface area contributed by atoms with Crippen molar-refractivity contribution in [2.45, 2.75) is 84.7 Å². The van der Waals surface area contributed by atoms with Crippen LogP contribution in [0, 0.1) is 0 Å². The second-order valence-electron chi connectivity index (χ2n) is 4.91. The fraction of sp³-hybridized carbons (Fsp3) is 1.00. The smallest absolute Gasteiger partial charge is 0.160 e. The highest BCUT2D eigenvalue weighted by Crippen LogP contribution is 2.07. The summed E-state index contributed by atoms with van der Waals surface area (Å²) >= 11 is 0. The minimum absolute atomic E-state index is 0.231. The van der Waals surface area contributed by atoms with Crippen LogP contribution in [0.2, 0.25) is 0 Å². The van der Waals surface area contributed by atoms with Crippen LogP contribution in [0.15, 0.2) is 0 Å². The summed E-state index contributed by atoms with van der Waals surface area (Å²) in [5, 5.41) is 9.60. The molecule has 0 aliphatic heterocycles. The average Bonchev–Trinajstić information content (AvgIpc) is 2.38. The van der Waals surface area contributed by atoms with Crippen LogP contribution in [0.5, 0.6) is 0 Å². The van der Waals surface area contributed by atoms with Crippen LogP contribution < -0.4 is 0 Å². The van der Waals surface area contributed by atoms with Crippen LogP contribution in [0.4, 0.5) is 0 Å². The molecule has 0 aliphatic carbocycles. The average molecular weight is 276 g/mol. The second kappa shape index (κ2) is 14.3. The van der Waals surface area contributed by atoms with Crippen molar-refractivity contribution >= 4 is 0 Å². The molecule has 0 heterocycles. The van der Waals surface area contributed by atoms with Gasteiger partial charge in [-0.25, -0.2) is 0 Å². The zero-order valence-electron chi connectivity index (χ0n) is 12.9. The summed E-state index contributed by atoms with van der Waals surface area (Å²) in [5.74, 6) is 0. The lowest BCUT2D eigenvalue weighted by atomic mass is 10.2. The summed E-state index contributed by atoms with van der Waals surface area (Å²) < 4.78 is 16.0. The van der Waals surface area contributed by atoms with E-state index < -0.39 is 12.6 Å². The van der Waals surface area contributed by atoms with Gasteiger partial charge in [0.25, 0.3) is 0 Å². The zero-order valence-corrected chi connectivity index (χ0v) is 12.9. The van der Waals surface area contributed by atoms with E-state index in [0.717, 1.165) is 32.3 Å². The van der Waals surface area contributed by atoms with Crippen LogP contribution in [0.1, 0.15) is 72.1 Å². The Labute approximate surface area is 118 Å². The van der Waals surface area contributed by atoms with Gasteiger partial charge in [-0.15, -0.1) is 0 Å². The van der Waals surface area contributed by atoms with E-state index >= 15 is 0 Å². The van der Waals surface area contributed by atoms with Crippen LogP contribution in [0.25, 0.3) is 0 Å². The first-order chi connectivity index (χ1) is 9.20. The maximum atomic E-state index is 9.60. The normalized spacial score (nSPS) is 14.5. The van der Waals surface area contributed by atoms with Crippen molar-refractivity contribution in [1.29, 1.82) is 0 Å². The van der Waals surface area contributed by atoms with Crippen molar-refractivity contribution in [2.75, 3.05) is 13.4 Å². The highest BCUT2D eigenvalue weighted by Gasteiger charge is 2.09. The lowest BCUT2D eigenvalue weighted by Gasteiger charge is -2.18. The van der Waals surface area contributed by atoms with Crippen LogP contribution in [0.3, 0.4) is 0 Å². The molecule has 0 radical (unpaired) electrons. The number of unbranched alkanes of at least 4 members (excludes halogenated alkanes) is 5. The van der Waals surface area contributed by atoms with Crippen LogP contribution >= 0.6 is 0 Å². The van der Waals surface area contributed by atoms with E-state index in [-0.39, 0.29) is 6.79 Å². The van der Waals surface area contributed by atoms with Crippen molar-refractivity contribution in [3.63, 3.8) is 0 Å². The standard InChI is InChI=1S/C15H32O4/c1-4-6-8-10-12-17-13-18-14(3)19-15(16)11-9-7-5-2/h14-16H,4-13H2,1-3H3. The van der Waals surface area contributed by atoms with Gasteiger partial charge in [-0.1, -0.05) is 46.0 Å². The van der Waals surface area contributed by atoms with Crippen molar-refractivity contribution in [3.05, 3.63) is 0 Å². The van der Waals surface area contributed by atoms with Gasteiger partial charge in [0.15, 0.2) is 12.6 Å². The lowest BCUT2D eigenvalue weighted by molar-refractivity contribution is -0.248. The van der Waals surface area contributed by atoms with Gasteiger partial charge in [0.05, 0.1) is 0 Å². The third-order valence-corrected chi connectivity index (χ3v) is 2.93. The van der Waals surface area contributed by atoms with Gasteiger partial charge < -0.3 is 19.3 Å². The fourth-order valence-corrected chi connectivity index (χ4v) is 1.73. The molecule has 0 saturated carbocycles. The van der Waals surface area contributed by atoms with Crippen molar-refractivity contribution < 1.29 is 19.3 Å². The monoisotopic (exact) mass is 276 g/mol. The van der Waals surface area contributed by atoms with E-state index in [2.05, 4.69) is 13.8 Å². The molecule has 0 aromatic carbocycles. The molecule has 19 heavy (non-hydrogen) atoms. The number of hydrogen-bond acceptors (Lipinski definition) is 4. The first kappa shape index (κ1) is 18.8. The van der Waals surface area contributed by atoms with Crippen LogP contribution in [-0.2, 0) is 14.2 Å². The van der Waals surface area contributed by atoms with Crippen molar-refractivity contribution in [1.82, 2.24) is 0 Å². The maximum Gasteiger partial charge on any atom is 0.160 e. The number of aliphatic hydroxyl groups is 1. The summed E-state index contributed by atoms with van der Waals surface area (Å²) in [4.78, 5) is 0. The Hall–Kier alpha value is -0.160. The van der Waals surface area contributed by atoms with E-state index in [1.54, 1.807) is 6.92 Å². The van der Waals surface area contributed by atoms with Gasteiger partial charge in [-0.2, -0.15) is 0 Å². The summed E-state index contributed by atoms with van der Waals surface area (Å²) in [6.45, 7) is 7.07. The molecule has 116 valence electrons. The molecular weight excluding hydrogens is 244 g/mol. The van der Waals surface area contributed by atoms with E-state index in [1.165, 1.54) is 19.3 Å². The van der Waals surface area contributed by atoms with E-state index in [4.69, 9.17) is 14.2 Å². The van der Waals surface area contributed by atoms with Gasteiger partial charge in [-0.05, 0) is 26.2 Å². The predicted octanol–water partition coefficient (Wildman–Crippen LogP) is 3.82. The largest absolute Gasteiger partial charge is 0.368 e. The molecule has 1 N–H and O–H groups in total. The Morgan fingerprint density at radius 3 is 2.32 bits per heavy atom. The van der Waals surface area contributed by atoms with Gasteiger partial charge >= 0.3 is 0 Å². The molecular formula is C15H32O4. The molecule has 2 atom stereocenters. The maximum absolute atomic E-state index is 9.60. The quantitative estimate of drug-likeness (QED) is 0.387. The third-order valence-electron chi connectivity index (χ3n) is 2.93. The Bertz CT molecular complexity index is 176.